The monoisotopic (exact) mass is 348 g/mol. The largest absolute Gasteiger partial charge is 0.372 e. The second-order valence-corrected chi connectivity index (χ2v) is 7.04. The molecule has 2 heterocycles. The first-order valence-corrected chi connectivity index (χ1v) is 9.09. The fourth-order valence-corrected chi connectivity index (χ4v) is 3.42. The molecule has 134 valence electrons. The van der Waals surface area contributed by atoms with Gasteiger partial charge in [0.15, 0.2) is 0 Å². The predicted molar refractivity (Wildman–Crippen MR) is 106 cm³/mol. The Morgan fingerprint density at radius 1 is 0.962 bits per heavy atom. The fourth-order valence-electron chi connectivity index (χ4n) is 3.42. The molecule has 1 saturated heterocycles. The molecule has 0 aliphatic carbocycles. The number of aryl methyl sites for hydroxylation is 1. The van der Waals surface area contributed by atoms with Crippen LogP contribution in [0.1, 0.15) is 19.4 Å². The van der Waals surface area contributed by atoms with Gasteiger partial charge in [0.1, 0.15) is 5.82 Å². The molecule has 0 saturated carbocycles. The number of benzene rings is 2. The molecule has 0 spiro atoms. The van der Waals surface area contributed by atoms with Crippen molar-refractivity contribution in [1.29, 1.82) is 0 Å². The van der Waals surface area contributed by atoms with Crippen molar-refractivity contribution in [2.45, 2.75) is 33.0 Å². The number of para-hydroxylation sites is 1. The van der Waals surface area contributed by atoms with Crippen molar-refractivity contribution in [2.24, 2.45) is 0 Å². The molecule has 2 aromatic carbocycles. The Kier molecular flexibility index (Phi) is 4.47. The molecule has 5 heteroatoms. The van der Waals surface area contributed by atoms with Crippen molar-refractivity contribution in [1.82, 2.24) is 9.97 Å². The Labute approximate surface area is 154 Å². The first kappa shape index (κ1) is 16.8. The summed E-state index contributed by atoms with van der Waals surface area (Å²) in [6, 6.07) is 16.5. The molecule has 2 unspecified atom stereocenters. The molecule has 3 aromatic rings. The molecule has 4 rings (SSSR count). The van der Waals surface area contributed by atoms with Gasteiger partial charge in [0.05, 0.1) is 17.7 Å². The number of hydrogen-bond acceptors (Lipinski definition) is 5. The van der Waals surface area contributed by atoms with Gasteiger partial charge in [0, 0.05) is 24.2 Å². The van der Waals surface area contributed by atoms with Crippen molar-refractivity contribution in [3.63, 3.8) is 0 Å². The number of aromatic nitrogens is 2. The summed E-state index contributed by atoms with van der Waals surface area (Å²) in [5.74, 6) is 1.58. The van der Waals surface area contributed by atoms with E-state index in [0.29, 0.717) is 0 Å². The lowest BCUT2D eigenvalue weighted by molar-refractivity contribution is -0.00569. The molecule has 1 N–H and O–H groups in total. The number of anilines is 3. The van der Waals surface area contributed by atoms with Crippen LogP contribution in [0.3, 0.4) is 0 Å². The summed E-state index contributed by atoms with van der Waals surface area (Å²) >= 11 is 0. The molecule has 2 atom stereocenters. The Morgan fingerprint density at radius 2 is 1.65 bits per heavy atom. The van der Waals surface area contributed by atoms with Crippen LogP contribution in [0.2, 0.25) is 0 Å². The number of nitrogens with zero attached hydrogens (tertiary/aromatic N) is 3. The van der Waals surface area contributed by atoms with E-state index in [2.05, 4.69) is 61.3 Å². The molecule has 1 aromatic heterocycles. The van der Waals surface area contributed by atoms with E-state index in [1.54, 1.807) is 0 Å². The number of ether oxygens (including phenoxy) is 1. The molecule has 0 radical (unpaired) electrons. The molecular formula is C21H24N4O. The van der Waals surface area contributed by atoms with E-state index in [4.69, 9.17) is 14.7 Å². The molecule has 5 nitrogen and oxygen atoms in total. The van der Waals surface area contributed by atoms with E-state index >= 15 is 0 Å². The van der Waals surface area contributed by atoms with Gasteiger partial charge in [0.25, 0.3) is 0 Å². The highest BCUT2D eigenvalue weighted by atomic mass is 16.5. The molecule has 26 heavy (non-hydrogen) atoms. The van der Waals surface area contributed by atoms with E-state index in [9.17, 15) is 0 Å². The number of hydrogen-bond donors (Lipinski definition) is 1. The zero-order valence-electron chi connectivity index (χ0n) is 15.4. The van der Waals surface area contributed by atoms with Gasteiger partial charge in [0.2, 0.25) is 5.95 Å². The van der Waals surface area contributed by atoms with Crippen LogP contribution in [0.15, 0.2) is 48.5 Å². The Bertz CT molecular complexity index is 900. The maximum Gasteiger partial charge on any atom is 0.228 e. The normalized spacial score (nSPS) is 20.3. The summed E-state index contributed by atoms with van der Waals surface area (Å²) in [7, 11) is 0. The highest BCUT2D eigenvalue weighted by molar-refractivity contribution is 5.91. The first-order valence-electron chi connectivity index (χ1n) is 9.09. The van der Waals surface area contributed by atoms with Crippen molar-refractivity contribution < 1.29 is 4.74 Å². The fraction of sp³-hybridized carbons (Fsp3) is 0.333. The number of fused-ring (bicyclic) bond motifs is 1. The lowest BCUT2D eigenvalue weighted by atomic mass is 10.2. The second-order valence-electron chi connectivity index (χ2n) is 7.04. The minimum absolute atomic E-state index is 0.169. The van der Waals surface area contributed by atoms with Gasteiger partial charge in [-0.15, -0.1) is 0 Å². The second kappa shape index (κ2) is 6.92. The van der Waals surface area contributed by atoms with Crippen LogP contribution in [-0.2, 0) is 4.74 Å². The molecule has 0 amide bonds. The van der Waals surface area contributed by atoms with Crippen molar-refractivity contribution in [2.75, 3.05) is 23.3 Å². The Balaban J connectivity index is 1.74. The van der Waals surface area contributed by atoms with Crippen LogP contribution in [0, 0.1) is 6.92 Å². The minimum Gasteiger partial charge on any atom is -0.372 e. The van der Waals surface area contributed by atoms with Crippen LogP contribution in [0.5, 0.6) is 0 Å². The number of rotatable bonds is 3. The summed E-state index contributed by atoms with van der Waals surface area (Å²) in [6.45, 7) is 7.87. The SMILES string of the molecule is Cc1ccc(Nc2nc(N3CC(C)OC(C)C3)nc3ccccc23)cc1. The predicted octanol–water partition coefficient (Wildman–Crippen LogP) is 4.30. The summed E-state index contributed by atoms with van der Waals surface area (Å²) in [4.78, 5) is 11.9. The molecule has 1 aliphatic heterocycles. The summed E-state index contributed by atoms with van der Waals surface area (Å²) < 4.78 is 5.85. The van der Waals surface area contributed by atoms with Crippen LogP contribution in [-0.4, -0.2) is 35.3 Å². The van der Waals surface area contributed by atoms with E-state index in [-0.39, 0.29) is 12.2 Å². The summed E-state index contributed by atoms with van der Waals surface area (Å²) in [5, 5.41) is 4.49. The third-order valence-corrected chi connectivity index (χ3v) is 4.61. The van der Waals surface area contributed by atoms with Gasteiger partial charge in [-0.05, 0) is 45.0 Å². The van der Waals surface area contributed by atoms with E-state index < -0.39 is 0 Å². The molecule has 1 fully saturated rings. The number of morpholine rings is 1. The molecule has 1 aliphatic rings. The van der Waals surface area contributed by atoms with Gasteiger partial charge in [-0.2, -0.15) is 4.98 Å². The first-order chi connectivity index (χ1) is 12.6. The van der Waals surface area contributed by atoms with Gasteiger partial charge in [-0.1, -0.05) is 29.8 Å². The Morgan fingerprint density at radius 3 is 2.38 bits per heavy atom. The van der Waals surface area contributed by atoms with Crippen LogP contribution in [0.4, 0.5) is 17.5 Å². The maximum atomic E-state index is 5.85. The zero-order valence-corrected chi connectivity index (χ0v) is 15.4. The summed E-state index contributed by atoms with van der Waals surface area (Å²) in [6.07, 6.45) is 0.338. The lowest BCUT2D eigenvalue weighted by Gasteiger charge is -2.35. The van der Waals surface area contributed by atoms with Crippen LogP contribution in [0.25, 0.3) is 10.9 Å². The standard InChI is InChI=1S/C21H24N4O/c1-14-8-10-17(11-9-14)22-20-18-6-4-5-7-19(18)23-21(24-20)25-12-15(2)26-16(3)13-25/h4-11,15-16H,12-13H2,1-3H3,(H,22,23,24). The third-order valence-electron chi connectivity index (χ3n) is 4.61. The summed E-state index contributed by atoms with van der Waals surface area (Å²) in [5.41, 5.74) is 3.20. The molecule has 0 bridgehead atoms. The van der Waals surface area contributed by atoms with Gasteiger partial charge in [-0.3, -0.25) is 0 Å². The topological polar surface area (TPSA) is 50.3 Å². The van der Waals surface area contributed by atoms with E-state index in [1.165, 1.54) is 5.56 Å². The zero-order chi connectivity index (χ0) is 18.1. The lowest BCUT2D eigenvalue weighted by Crippen LogP contribution is -2.46. The average Bonchev–Trinajstić information content (AvgIpc) is 2.63. The Hall–Kier alpha value is -2.66. The smallest absolute Gasteiger partial charge is 0.228 e. The quantitative estimate of drug-likeness (QED) is 0.765. The van der Waals surface area contributed by atoms with Crippen LogP contribution >= 0.6 is 0 Å². The van der Waals surface area contributed by atoms with Crippen molar-refractivity contribution in [3.05, 3.63) is 54.1 Å². The van der Waals surface area contributed by atoms with E-state index in [0.717, 1.165) is 41.4 Å². The third kappa shape index (κ3) is 3.48. The van der Waals surface area contributed by atoms with E-state index in [1.807, 2.05) is 18.2 Å². The maximum absolute atomic E-state index is 5.85. The number of nitrogens with one attached hydrogen (secondary N) is 1. The average molecular weight is 348 g/mol. The highest BCUT2D eigenvalue weighted by Gasteiger charge is 2.25. The van der Waals surface area contributed by atoms with Gasteiger partial charge in [-0.25, -0.2) is 4.98 Å². The van der Waals surface area contributed by atoms with Crippen LogP contribution < -0.4 is 10.2 Å². The molecular weight excluding hydrogens is 324 g/mol. The van der Waals surface area contributed by atoms with Crippen molar-refractivity contribution in [3.8, 4) is 0 Å². The van der Waals surface area contributed by atoms with Gasteiger partial charge < -0.3 is 15.0 Å². The van der Waals surface area contributed by atoms with Crippen molar-refractivity contribution >= 4 is 28.4 Å². The minimum atomic E-state index is 0.169. The highest BCUT2D eigenvalue weighted by Crippen LogP contribution is 2.27. The van der Waals surface area contributed by atoms with Gasteiger partial charge >= 0.3 is 0 Å².